The van der Waals surface area contributed by atoms with Gasteiger partial charge in [-0.05, 0) is 19.1 Å². The lowest BCUT2D eigenvalue weighted by Gasteiger charge is -2.06. The normalized spacial score (nSPS) is 11.9. The number of ether oxygens (including phenoxy) is 1. The fourth-order valence-corrected chi connectivity index (χ4v) is 1.12. The van der Waals surface area contributed by atoms with Gasteiger partial charge in [0.25, 0.3) is 5.69 Å². The van der Waals surface area contributed by atoms with Crippen molar-refractivity contribution in [1.29, 1.82) is 0 Å². The number of hydrogen-bond donors (Lipinski definition) is 1. The van der Waals surface area contributed by atoms with Crippen molar-refractivity contribution in [1.82, 2.24) is 0 Å². The van der Waals surface area contributed by atoms with Gasteiger partial charge in [0.15, 0.2) is 0 Å². The van der Waals surface area contributed by atoms with Crippen LogP contribution in [0.15, 0.2) is 24.3 Å². The van der Waals surface area contributed by atoms with Gasteiger partial charge >= 0.3 is 5.97 Å². The number of benzene rings is 1. The number of carbonyl (C=O) groups excluding carboxylic acids is 1. The second-order valence-corrected chi connectivity index (χ2v) is 3.58. The molecule has 0 fully saturated rings. The van der Waals surface area contributed by atoms with Crippen molar-refractivity contribution in [2.24, 2.45) is 0 Å². The Morgan fingerprint density at radius 3 is 2.53 bits per heavy atom. The van der Waals surface area contributed by atoms with Crippen LogP contribution in [-0.4, -0.2) is 28.7 Å². The summed E-state index contributed by atoms with van der Waals surface area (Å²) in [5.74, 6) is -0.555. The van der Waals surface area contributed by atoms with E-state index in [0.29, 0.717) is 6.42 Å². The maximum absolute atomic E-state index is 11.4. The molecule has 0 aliphatic carbocycles. The smallest absolute Gasteiger partial charge is 0.338 e. The van der Waals surface area contributed by atoms with E-state index < -0.39 is 17.0 Å². The summed E-state index contributed by atoms with van der Waals surface area (Å²) in [4.78, 5) is 21.3. The first-order valence-corrected chi connectivity index (χ1v) is 5.10. The third-order valence-corrected chi connectivity index (χ3v) is 2.08. The van der Waals surface area contributed by atoms with Crippen LogP contribution in [0.2, 0.25) is 0 Å². The second kappa shape index (κ2) is 5.95. The Kier molecular flexibility index (Phi) is 4.59. The van der Waals surface area contributed by atoms with Gasteiger partial charge in [-0.1, -0.05) is 0 Å². The number of aliphatic hydroxyl groups is 1. The van der Waals surface area contributed by atoms with E-state index in [1.54, 1.807) is 6.92 Å². The minimum Gasteiger partial charge on any atom is -0.462 e. The Morgan fingerprint density at radius 2 is 2.06 bits per heavy atom. The van der Waals surface area contributed by atoms with Crippen LogP contribution in [0.3, 0.4) is 0 Å². The molecule has 92 valence electrons. The van der Waals surface area contributed by atoms with E-state index in [2.05, 4.69) is 0 Å². The molecule has 1 aromatic carbocycles. The van der Waals surface area contributed by atoms with Gasteiger partial charge in [0.05, 0.1) is 23.2 Å². The molecule has 0 aliphatic heterocycles. The Labute approximate surface area is 98.0 Å². The quantitative estimate of drug-likeness (QED) is 0.478. The van der Waals surface area contributed by atoms with Gasteiger partial charge in [0.1, 0.15) is 0 Å². The molecule has 1 atom stereocenters. The zero-order valence-electron chi connectivity index (χ0n) is 9.33. The molecule has 0 saturated heterocycles. The summed E-state index contributed by atoms with van der Waals surface area (Å²) in [5.41, 5.74) is 0.173. The van der Waals surface area contributed by atoms with E-state index in [-0.39, 0.29) is 17.9 Å². The molecular formula is C11H13NO5. The van der Waals surface area contributed by atoms with Gasteiger partial charge in [-0.3, -0.25) is 10.1 Å². The summed E-state index contributed by atoms with van der Waals surface area (Å²) in [6, 6.07) is 5.15. The number of non-ortho nitro benzene ring substituents is 1. The second-order valence-electron chi connectivity index (χ2n) is 3.58. The first-order valence-electron chi connectivity index (χ1n) is 5.10. The van der Waals surface area contributed by atoms with Crippen molar-refractivity contribution >= 4 is 11.7 Å². The fourth-order valence-electron chi connectivity index (χ4n) is 1.12. The predicted octanol–water partition coefficient (Wildman–Crippen LogP) is 1.52. The number of carbonyl (C=O) groups is 1. The van der Waals surface area contributed by atoms with Crippen LogP contribution in [0.5, 0.6) is 0 Å². The molecule has 0 saturated carbocycles. The standard InChI is InChI=1S/C11H13NO5/c1-8(13)6-7-17-11(14)9-2-4-10(5-3-9)12(15)16/h2-5,8,13H,6-7H2,1H3. The van der Waals surface area contributed by atoms with Crippen LogP contribution in [0, 0.1) is 10.1 Å². The lowest BCUT2D eigenvalue weighted by molar-refractivity contribution is -0.384. The first kappa shape index (κ1) is 13.1. The summed E-state index contributed by atoms with van der Waals surface area (Å²) in [5, 5.41) is 19.4. The highest BCUT2D eigenvalue weighted by Gasteiger charge is 2.10. The SMILES string of the molecule is CC(O)CCOC(=O)c1ccc([N+](=O)[O-])cc1. The molecule has 17 heavy (non-hydrogen) atoms. The van der Waals surface area contributed by atoms with Crippen LogP contribution >= 0.6 is 0 Å². The molecule has 1 rings (SSSR count). The highest BCUT2D eigenvalue weighted by atomic mass is 16.6. The van der Waals surface area contributed by atoms with Crippen molar-refractivity contribution in [2.75, 3.05) is 6.61 Å². The molecule has 1 N–H and O–H groups in total. The molecule has 0 amide bonds. The van der Waals surface area contributed by atoms with E-state index in [1.807, 2.05) is 0 Å². The average Bonchev–Trinajstić information content (AvgIpc) is 2.28. The summed E-state index contributed by atoms with van der Waals surface area (Å²) in [6.45, 7) is 1.72. The van der Waals surface area contributed by atoms with Crippen molar-refractivity contribution in [3.8, 4) is 0 Å². The minimum atomic E-state index is -0.555. The molecule has 6 heteroatoms. The van der Waals surface area contributed by atoms with Gasteiger partial charge in [-0.25, -0.2) is 4.79 Å². The van der Waals surface area contributed by atoms with Crippen molar-refractivity contribution in [3.05, 3.63) is 39.9 Å². The molecule has 0 aromatic heterocycles. The van der Waals surface area contributed by atoms with E-state index in [1.165, 1.54) is 24.3 Å². The van der Waals surface area contributed by atoms with Crippen LogP contribution in [-0.2, 0) is 4.74 Å². The van der Waals surface area contributed by atoms with Gasteiger partial charge in [-0.15, -0.1) is 0 Å². The zero-order chi connectivity index (χ0) is 12.8. The summed E-state index contributed by atoms with van der Waals surface area (Å²) in [7, 11) is 0. The first-order chi connectivity index (χ1) is 8.00. The third-order valence-electron chi connectivity index (χ3n) is 2.08. The van der Waals surface area contributed by atoms with Gasteiger partial charge in [0, 0.05) is 18.6 Å². The summed E-state index contributed by atoms with van der Waals surface area (Å²) < 4.78 is 4.87. The van der Waals surface area contributed by atoms with Gasteiger partial charge in [-0.2, -0.15) is 0 Å². The summed E-state index contributed by atoms with van der Waals surface area (Å²) in [6.07, 6.45) is -0.168. The molecule has 0 spiro atoms. The Hall–Kier alpha value is -1.95. The molecule has 0 heterocycles. The predicted molar refractivity (Wildman–Crippen MR) is 59.7 cm³/mol. The topological polar surface area (TPSA) is 89.7 Å². The Morgan fingerprint density at radius 1 is 1.47 bits per heavy atom. The van der Waals surface area contributed by atoms with Crippen molar-refractivity contribution < 1.29 is 19.6 Å². The highest BCUT2D eigenvalue weighted by Crippen LogP contribution is 2.12. The molecule has 0 aliphatic rings. The van der Waals surface area contributed by atoms with E-state index in [4.69, 9.17) is 9.84 Å². The monoisotopic (exact) mass is 239 g/mol. The Balaban J connectivity index is 2.55. The molecule has 0 bridgehead atoms. The van der Waals surface area contributed by atoms with Crippen molar-refractivity contribution in [3.63, 3.8) is 0 Å². The number of nitro groups is 1. The highest BCUT2D eigenvalue weighted by molar-refractivity contribution is 5.89. The molecule has 1 unspecified atom stereocenters. The van der Waals surface area contributed by atoms with Crippen LogP contribution < -0.4 is 0 Å². The van der Waals surface area contributed by atoms with Gasteiger partial charge < -0.3 is 9.84 Å². The number of nitro benzene ring substituents is 1. The largest absolute Gasteiger partial charge is 0.462 e. The number of aliphatic hydroxyl groups excluding tert-OH is 1. The van der Waals surface area contributed by atoms with Crippen LogP contribution in [0.1, 0.15) is 23.7 Å². The lowest BCUT2D eigenvalue weighted by atomic mass is 10.2. The lowest BCUT2D eigenvalue weighted by Crippen LogP contribution is -2.10. The zero-order valence-corrected chi connectivity index (χ0v) is 9.33. The molecular weight excluding hydrogens is 226 g/mol. The average molecular weight is 239 g/mol. The molecule has 0 radical (unpaired) electrons. The maximum atomic E-state index is 11.4. The number of rotatable bonds is 5. The van der Waals surface area contributed by atoms with Crippen molar-refractivity contribution in [2.45, 2.75) is 19.4 Å². The van der Waals surface area contributed by atoms with E-state index >= 15 is 0 Å². The van der Waals surface area contributed by atoms with E-state index in [9.17, 15) is 14.9 Å². The number of nitrogens with zero attached hydrogens (tertiary/aromatic N) is 1. The summed E-state index contributed by atoms with van der Waals surface area (Å²) >= 11 is 0. The third kappa shape index (κ3) is 4.20. The van der Waals surface area contributed by atoms with Gasteiger partial charge in [0.2, 0.25) is 0 Å². The Bertz CT molecular complexity index is 399. The van der Waals surface area contributed by atoms with E-state index in [0.717, 1.165) is 0 Å². The number of esters is 1. The number of hydrogen-bond acceptors (Lipinski definition) is 5. The van der Waals surface area contributed by atoms with Crippen LogP contribution in [0.4, 0.5) is 5.69 Å². The maximum Gasteiger partial charge on any atom is 0.338 e. The van der Waals surface area contributed by atoms with Crippen LogP contribution in [0.25, 0.3) is 0 Å². The fraction of sp³-hybridized carbons (Fsp3) is 0.364. The molecule has 6 nitrogen and oxygen atoms in total. The molecule has 1 aromatic rings. The minimum absolute atomic E-state index is 0.0782.